The summed E-state index contributed by atoms with van der Waals surface area (Å²) in [6.07, 6.45) is 0. The molecule has 0 N–H and O–H groups in total. The average molecular weight is 635 g/mol. The highest BCUT2D eigenvalue weighted by molar-refractivity contribution is 7.80. The topological polar surface area (TPSA) is 0 Å². The van der Waals surface area contributed by atoms with Crippen molar-refractivity contribution in [1.82, 2.24) is 0 Å². The molecule has 0 heterocycles. The monoisotopic (exact) mass is 634 g/mol. The molecule has 0 aliphatic heterocycles. The van der Waals surface area contributed by atoms with Crippen molar-refractivity contribution in [2.45, 2.75) is 52.4 Å². The standard InChI is InChI=1S/C44H44P2/c1-43(2,3)33-27-29-39(41(31-33)45(35-19-11-7-12-20-35)36-21-13-8-14-22-36)40-30-28-34(44(4,5)6)32-42(40)46(37-23-15-9-16-24-37)38-25-17-10-18-26-38/h7-32H,1-6H3. The van der Waals surface area contributed by atoms with Gasteiger partial charge in [-0.15, -0.1) is 0 Å². The molecule has 0 saturated carbocycles. The van der Waals surface area contributed by atoms with E-state index in [0.29, 0.717) is 0 Å². The summed E-state index contributed by atoms with van der Waals surface area (Å²) < 4.78 is 0. The van der Waals surface area contributed by atoms with Gasteiger partial charge in [0, 0.05) is 0 Å². The van der Waals surface area contributed by atoms with Crippen LogP contribution < -0.4 is 31.8 Å². The van der Waals surface area contributed by atoms with Crippen molar-refractivity contribution in [1.29, 1.82) is 0 Å². The van der Waals surface area contributed by atoms with Crippen LogP contribution in [0.25, 0.3) is 11.1 Å². The maximum Gasteiger partial charge on any atom is -0.00694 e. The van der Waals surface area contributed by atoms with Gasteiger partial charge in [0.25, 0.3) is 0 Å². The Morgan fingerprint density at radius 1 is 0.326 bits per heavy atom. The van der Waals surface area contributed by atoms with E-state index in [9.17, 15) is 0 Å². The van der Waals surface area contributed by atoms with Crippen molar-refractivity contribution < 1.29 is 0 Å². The zero-order valence-corrected chi connectivity index (χ0v) is 29.7. The van der Waals surface area contributed by atoms with Gasteiger partial charge in [0.2, 0.25) is 0 Å². The maximum atomic E-state index is 2.52. The molecule has 0 radical (unpaired) electrons. The lowest BCUT2D eigenvalue weighted by molar-refractivity contribution is 0.590. The third-order valence-corrected chi connectivity index (χ3v) is 13.5. The Kier molecular flexibility index (Phi) is 9.43. The summed E-state index contributed by atoms with van der Waals surface area (Å²) in [6, 6.07) is 59.2. The van der Waals surface area contributed by atoms with E-state index in [1.54, 1.807) is 0 Å². The molecule has 0 aromatic heterocycles. The average Bonchev–Trinajstić information content (AvgIpc) is 3.06. The fraction of sp³-hybridized carbons (Fsp3) is 0.182. The smallest absolute Gasteiger partial charge is 0.00694 e. The van der Waals surface area contributed by atoms with Crippen LogP contribution in [0.4, 0.5) is 0 Å². The van der Waals surface area contributed by atoms with Crippen LogP contribution in [0.15, 0.2) is 158 Å². The first-order chi connectivity index (χ1) is 22.1. The second-order valence-corrected chi connectivity index (χ2v) is 18.3. The molecule has 0 atom stereocenters. The minimum atomic E-state index is -0.817. The summed E-state index contributed by atoms with van der Waals surface area (Å²) >= 11 is 0. The van der Waals surface area contributed by atoms with Gasteiger partial charge in [0.15, 0.2) is 0 Å². The number of hydrogen-bond donors (Lipinski definition) is 0. The Balaban J connectivity index is 1.70. The lowest BCUT2D eigenvalue weighted by Gasteiger charge is -2.30. The molecule has 2 heteroatoms. The van der Waals surface area contributed by atoms with Crippen LogP contribution in [0.5, 0.6) is 0 Å². The fourth-order valence-electron chi connectivity index (χ4n) is 5.98. The summed E-state index contributed by atoms with van der Waals surface area (Å²) in [6.45, 7) is 14.0. The number of rotatable bonds is 7. The van der Waals surface area contributed by atoms with Gasteiger partial charge in [-0.25, -0.2) is 0 Å². The van der Waals surface area contributed by atoms with Crippen molar-refractivity contribution in [3.8, 4) is 11.1 Å². The Hall–Kier alpha value is -3.82. The van der Waals surface area contributed by atoms with Crippen LogP contribution in [-0.4, -0.2) is 0 Å². The molecule has 0 amide bonds. The Bertz CT molecular complexity index is 1660. The van der Waals surface area contributed by atoms with E-state index in [-0.39, 0.29) is 10.8 Å². The van der Waals surface area contributed by atoms with E-state index in [0.717, 1.165) is 0 Å². The first-order valence-electron chi connectivity index (χ1n) is 16.2. The van der Waals surface area contributed by atoms with E-state index in [4.69, 9.17) is 0 Å². The van der Waals surface area contributed by atoms with Crippen LogP contribution >= 0.6 is 15.8 Å². The molecule has 6 aromatic carbocycles. The van der Waals surface area contributed by atoms with Crippen LogP contribution in [0.1, 0.15) is 52.7 Å². The molecule has 0 unspecified atom stereocenters. The molecular weight excluding hydrogens is 590 g/mol. The predicted octanol–water partition coefficient (Wildman–Crippen LogP) is 9.47. The molecule has 46 heavy (non-hydrogen) atoms. The number of benzene rings is 6. The summed E-state index contributed by atoms with van der Waals surface area (Å²) in [4.78, 5) is 0. The highest BCUT2D eigenvalue weighted by Gasteiger charge is 2.28. The van der Waals surface area contributed by atoms with Crippen molar-refractivity contribution >= 4 is 47.7 Å². The van der Waals surface area contributed by atoms with Gasteiger partial charge in [-0.1, -0.05) is 187 Å². The normalized spacial score (nSPS) is 12.1. The lowest BCUT2D eigenvalue weighted by atomic mass is 9.85. The van der Waals surface area contributed by atoms with Crippen molar-refractivity contribution in [3.05, 3.63) is 169 Å². The molecule has 0 nitrogen and oxygen atoms in total. The highest BCUT2D eigenvalue weighted by atomic mass is 31.1. The predicted molar refractivity (Wildman–Crippen MR) is 207 cm³/mol. The fourth-order valence-corrected chi connectivity index (χ4v) is 11.0. The summed E-state index contributed by atoms with van der Waals surface area (Å²) in [5.74, 6) is 0. The van der Waals surface area contributed by atoms with E-state index >= 15 is 0 Å². The third-order valence-electron chi connectivity index (χ3n) is 8.56. The SMILES string of the molecule is CC(C)(C)c1ccc(-c2ccc(C(C)(C)C)cc2P(c2ccccc2)c2ccccc2)c(P(c2ccccc2)c2ccccc2)c1. The Morgan fingerprint density at radius 3 is 0.826 bits per heavy atom. The molecule has 0 aliphatic rings. The zero-order valence-electron chi connectivity index (χ0n) is 27.9. The molecular formula is C44H44P2. The quantitative estimate of drug-likeness (QED) is 0.154. The molecule has 0 spiro atoms. The van der Waals surface area contributed by atoms with Crippen molar-refractivity contribution in [2.75, 3.05) is 0 Å². The lowest BCUT2D eigenvalue weighted by Crippen LogP contribution is -2.28. The van der Waals surface area contributed by atoms with Gasteiger partial charge < -0.3 is 0 Å². The van der Waals surface area contributed by atoms with Gasteiger partial charge in [-0.3, -0.25) is 0 Å². The van der Waals surface area contributed by atoms with Crippen LogP contribution in [0, 0.1) is 0 Å². The summed E-state index contributed by atoms with van der Waals surface area (Å²) in [7, 11) is -1.63. The first-order valence-corrected chi connectivity index (χ1v) is 18.9. The molecule has 6 rings (SSSR count). The third kappa shape index (κ3) is 6.95. The molecule has 230 valence electrons. The van der Waals surface area contributed by atoms with Gasteiger partial charge in [0.05, 0.1) is 0 Å². The highest BCUT2D eigenvalue weighted by Crippen LogP contribution is 2.43. The van der Waals surface area contributed by atoms with Gasteiger partial charge >= 0.3 is 0 Å². The first kappa shape index (κ1) is 32.1. The van der Waals surface area contributed by atoms with Crippen LogP contribution in [-0.2, 0) is 10.8 Å². The van der Waals surface area contributed by atoms with Crippen molar-refractivity contribution in [2.24, 2.45) is 0 Å². The zero-order chi connectivity index (χ0) is 32.3. The second kappa shape index (κ2) is 13.5. The van der Waals surface area contributed by atoms with Gasteiger partial charge in [-0.2, -0.15) is 0 Å². The van der Waals surface area contributed by atoms with E-state index in [2.05, 4.69) is 199 Å². The minimum absolute atomic E-state index is 0.0290. The van der Waals surface area contributed by atoms with Crippen LogP contribution in [0.3, 0.4) is 0 Å². The number of hydrogen-bond acceptors (Lipinski definition) is 0. The largest absolute Gasteiger partial charge is 0.0622 e. The van der Waals surface area contributed by atoms with Crippen molar-refractivity contribution in [3.63, 3.8) is 0 Å². The molecule has 6 aromatic rings. The maximum absolute atomic E-state index is 2.52. The van der Waals surface area contributed by atoms with Gasteiger partial charge in [0.1, 0.15) is 0 Å². The molecule has 0 fully saturated rings. The molecule has 0 bridgehead atoms. The van der Waals surface area contributed by atoms with Crippen LogP contribution in [0.2, 0.25) is 0 Å². The molecule has 0 aliphatic carbocycles. The van der Waals surface area contributed by atoms with Gasteiger partial charge in [-0.05, 0) is 92.9 Å². The summed E-state index contributed by atoms with van der Waals surface area (Å²) in [5.41, 5.74) is 5.46. The second-order valence-electron chi connectivity index (χ2n) is 14.0. The van der Waals surface area contributed by atoms with E-state index < -0.39 is 15.8 Å². The Labute approximate surface area is 279 Å². The van der Waals surface area contributed by atoms with E-state index in [1.807, 2.05) is 0 Å². The minimum Gasteiger partial charge on any atom is -0.0622 e. The molecule has 0 saturated heterocycles. The van der Waals surface area contributed by atoms with E-state index in [1.165, 1.54) is 54.1 Å². The summed E-state index contributed by atoms with van der Waals surface area (Å²) in [5, 5.41) is 8.32. The Morgan fingerprint density at radius 2 is 0.587 bits per heavy atom.